The number of hydrogen-bond acceptors (Lipinski definition) is 19. The van der Waals surface area contributed by atoms with E-state index in [0.717, 1.165) is 204 Å². The Labute approximate surface area is 682 Å². The molecule has 3 fully saturated rings. The van der Waals surface area contributed by atoms with Crippen molar-refractivity contribution < 1.29 is 47.5 Å². The number of nitrogens with one attached hydrogen (secondary N) is 1. The third-order valence-corrected chi connectivity index (χ3v) is 24.6. The highest BCUT2D eigenvalue weighted by molar-refractivity contribution is 7.99. The number of likely N-dealkylation sites (N-methyl/N-ethyl adjacent to an activating group) is 2. The predicted octanol–water partition coefficient (Wildman–Crippen LogP) is 13.7. The molecule has 1 N–H and O–H groups in total. The molecule has 2 aromatic heterocycles. The molecule has 3 atom stereocenters. The number of benzene rings is 7. The minimum Gasteiger partial charge on any atom is -0.618 e. The number of piperazine rings is 3. The van der Waals surface area contributed by atoms with Crippen LogP contribution in [0.5, 0.6) is 34.5 Å². The Morgan fingerprint density at radius 3 is 1.30 bits per heavy atom. The molecule has 23 nitrogen and oxygen atoms in total. The second kappa shape index (κ2) is 39.6. The number of carbonyl (C=O) groups excluding carboxylic acids is 3. The van der Waals surface area contributed by atoms with Crippen LogP contribution in [0.4, 0.5) is 22.7 Å². The Kier molecular flexibility index (Phi) is 28.3. The molecule has 15 rings (SSSR count). The highest BCUT2D eigenvalue weighted by atomic mass is 32.2. The number of aryl methyl sites for hydroxylation is 1. The maximum absolute atomic E-state index is 13.9. The number of pyridine rings is 1. The van der Waals surface area contributed by atoms with E-state index in [-0.39, 0.29) is 35.8 Å². The fraction of sp³-hybridized carbons (Fsp3) is 0.418. The monoisotopic (exact) mass is 1580 g/mol. The third-order valence-electron chi connectivity index (χ3n) is 23.5. The van der Waals surface area contributed by atoms with Crippen LogP contribution < -0.4 is 58.1 Å². The van der Waals surface area contributed by atoms with Crippen molar-refractivity contribution in [2.45, 2.75) is 102 Å². The van der Waals surface area contributed by atoms with E-state index >= 15 is 0 Å². The first-order valence-corrected chi connectivity index (χ1v) is 41.6. The quantitative estimate of drug-likeness (QED) is 0.0186. The van der Waals surface area contributed by atoms with Gasteiger partial charge in [-0.2, -0.15) is 4.73 Å². The van der Waals surface area contributed by atoms with Crippen LogP contribution in [0.2, 0.25) is 0 Å². The van der Waals surface area contributed by atoms with Gasteiger partial charge < -0.3 is 87.6 Å². The van der Waals surface area contributed by atoms with E-state index in [1.54, 1.807) is 66.7 Å². The molecule has 0 saturated carbocycles. The number of ether oxygens (including phenoxy) is 6. The van der Waals surface area contributed by atoms with Gasteiger partial charge in [0.2, 0.25) is 0 Å². The van der Waals surface area contributed by atoms with Crippen LogP contribution in [-0.4, -0.2) is 205 Å². The molecule has 7 aromatic carbocycles. The van der Waals surface area contributed by atoms with Crippen molar-refractivity contribution in [2.24, 2.45) is 0 Å². The van der Waals surface area contributed by atoms with Crippen LogP contribution in [0, 0.1) is 5.21 Å². The molecule has 3 amide bonds. The summed E-state index contributed by atoms with van der Waals surface area (Å²) in [7, 11) is 12.0. The highest BCUT2D eigenvalue weighted by Crippen LogP contribution is 2.45. The lowest BCUT2D eigenvalue weighted by atomic mass is 9.99. The van der Waals surface area contributed by atoms with E-state index < -0.39 is 0 Å². The maximum Gasteiger partial charge on any atom is 0.255 e. The number of thioether (sulfide) groups is 1. The Morgan fingerprint density at radius 2 is 0.896 bits per heavy atom. The van der Waals surface area contributed by atoms with Crippen molar-refractivity contribution in [1.82, 2.24) is 39.4 Å². The number of hydrogen-bond donors (Lipinski definition) is 1. The Hall–Kier alpha value is -10.7. The summed E-state index contributed by atoms with van der Waals surface area (Å²) in [4.78, 5) is 66.4. The molecule has 9 aromatic rings. The van der Waals surface area contributed by atoms with Gasteiger partial charge in [0.1, 0.15) is 0 Å². The lowest BCUT2D eigenvalue weighted by Gasteiger charge is -2.36. The fourth-order valence-electron chi connectivity index (χ4n) is 17.1. The summed E-state index contributed by atoms with van der Waals surface area (Å²) >= 11 is 1.54. The number of aromatic nitrogens is 3. The van der Waals surface area contributed by atoms with Crippen LogP contribution in [0.15, 0.2) is 188 Å². The number of amides is 3. The first-order valence-electron chi connectivity index (χ1n) is 40.6. The number of nitrogens with zero attached hydrogens (tertiary/aromatic N) is 12. The number of methoxy groups -OCH3 is 6. The van der Waals surface area contributed by atoms with E-state index in [4.69, 9.17) is 28.4 Å². The minimum absolute atomic E-state index is 0.0666. The zero-order valence-electron chi connectivity index (χ0n) is 68.3. The molecule has 3 saturated heterocycles. The molecule has 0 spiro atoms. The zero-order valence-corrected chi connectivity index (χ0v) is 69.1. The molecule has 0 unspecified atom stereocenters. The molecule has 115 heavy (non-hydrogen) atoms. The van der Waals surface area contributed by atoms with Gasteiger partial charge in [-0.3, -0.25) is 14.4 Å². The Morgan fingerprint density at radius 1 is 0.478 bits per heavy atom. The molecule has 24 heteroatoms. The standard InChI is InChI=1S/C31H38N4O4S.C31H38N4O3.C29H37N5O3/c1-4-32-16-18-33(19-17-32)27-10-7-9-24-25(27)22-34(31(24)36)26(23-13-14-28(38-2)29(21-23)39-3)11-8-20-40-30-12-5-6-15-35(30)37;1-33(24-9-5-4-6-10-24)18-8-13-27(23-14-15-29(37-2)30(21-23)38-3)35-22-26-25(31(35)36)11-7-12-28(26)34-19-16-32-17-20-34;1-4-31-15-17-33(18-16-31)26-8-5-7-23-24(26)20-34(29(23)35)25(9-6-13-32-14-12-30-21-32)22-10-11-27(36-2)28(19-22)37-3/h5-7,9-10,12-15,21,26H,4,8,11,16-20,22H2,1-3H3;4-7,9-12,14-15,21,27,32H,8,13,16-20,22H2,1-3H3;5,7-8,10-12,14,19,21,25H,4,6,9,13,15-18,20H2,1-3H3/t26-;27-;25-/m111/s1. The van der Waals surface area contributed by atoms with E-state index in [1.807, 2.05) is 119 Å². The number of para-hydroxylation sites is 1. The van der Waals surface area contributed by atoms with Crippen molar-refractivity contribution in [3.63, 3.8) is 0 Å². The Balaban J connectivity index is 0.000000150. The summed E-state index contributed by atoms with van der Waals surface area (Å²) in [5, 5.41) is 16.2. The van der Waals surface area contributed by atoms with Crippen molar-refractivity contribution in [3.05, 3.63) is 238 Å². The molecule has 6 aliphatic rings. The van der Waals surface area contributed by atoms with Crippen molar-refractivity contribution in [3.8, 4) is 34.5 Å². The predicted molar refractivity (Wildman–Crippen MR) is 455 cm³/mol. The normalized spacial score (nSPS) is 16.2. The van der Waals surface area contributed by atoms with Gasteiger partial charge in [0.15, 0.2) is 40.7 Å². The lowest BCUT2D eigenvalue weighted by molar-refractivity contribution is -0.645. The molecule has 608 valence electrons. The van der Waals surface area contributed by atoms with Gasteiger partial charge >= 0.3 is 0 Å². The molecule has 0 bridgehead atoms. The van der Waals surface area contributed by atoms with E-state index in [0.29, 0.717) is 59.2 Å². The molecule has 8 heterocycles. The van der Waals surface area contributed by atoms with E-state index in [2.05, 4.69) is 125 Å². The van der Waals surface area contributed by atoms with Crippen LogP contribution >= 0.6 is 11.8 Å². The number of carbonyl (C=O) groups is 3. The molecular weight excluding hydrogens is 1470 g/mol. The fourth-order valence-corrected chi connectivity index (χ4v) is 17.9. The van der Waals surface area contributed by atoms with Gasteiger partial charge in [-0.25, -0.2) is 4.98 Å². The summed E-state index contributed by atoms with van der Waals surface area (Å²) < 4.78 is 36.3. The first kappa shape index (κ1) is 82.3. The van der Waals surface area contributed by atoms with Crippen LogP contribution in [0.1, 0.15) is 135 Å². The number of anilines is 4. The van der Waals surface area contributed by atoms with Crippen molar-refractivity contribution in [1.29, 1.82) is 0 Å². The SMILES string of the molecule is CCN1CCN(c2cccc3c2CN([C@H](CCCSc2cccc[n+]2[O-])c2ccc(OC)c(OC)c2)C3=O)CC1.CCN1CCN(c2cccc3c2CN([C@H](CCCn2ccnc2)c2ccc(OC)c(OC)c2)C3=O)CC1.COc1ccc([C@@H](CCCN(C)c2ccccc2)N2Cc3c(cccc3N3CCNCC3)C2=O)cc1OC. The second-order valence-corrected chi connectivity index (χ2v) is 31.0. The average Bonchev–Trinajstić information content (AvgIpc) is 1.63. The van der Waals surface area contributed by atoms with Crippen LogP contribution in [0.3, 0.4) is 0 Å². The number of fused-ring (bicyclic) bond motifs is 3. The van der Waals surface area contributed by atoms with E-state index in [9.17, 15) is 19.6 Å². The summed E-state index contributed by atoms with van der Waals surface area (Å²) in [6.45, 7) is 22.0. The van der Waals surface area contributed by atoms with Gasteiger partial charge in [-0.1, -0.05) is 80.2 Å². The molecular formula is C91H113N13O10S. The van der Waals surface area contributed by atoms with E-state index in [1.165, 1.54) is 28.9 Å². The largest absolute Gasteiger partial charge is 0.618 e. The Bertz CT molecular complexity index is 4710. The van der Waals surface area contributed by atoms with Gasteiger partial charge in [0, 0.05) is 205 Å². The maximum atomic E-state index is 13.9. The molecule has 6 aliphatic heterocycles. The first-order chi connectivity index (χ1) is 56.3. The molecule has 0 aliphatic carbocycles. The average molecular weight is 1580 g/mol. The van der Waals surface area contributed by atoms with Crippen LogP contribution in [0.25, 0.3) is 0 Å². The summed E-state index contributed by atoms with van der Waals surface area (Å²) in [6.07, 6.45) is 12.3. The van der Waals surface area contributed by atoms with Gasteiger partial charge in [0.05, 0.1) is 67.1 Å². The van der Waals surface area contributed by atoms with Crippen molar-refractivity contribution >= 4 is 52.2 Å². The van der Waals surface area contributed by atoms with Crippen LogP contribution in [-0.2, 0) is 26.2 Å². The second-order valence-electron chi connectivity index (χ2n) is 29.9. The number of rotatable bonds is 31. The summed E-state index contributed by atoms with van der Waals surface area (Å²) in [6, 6.07) is 52.1. The van der Waals surface area contributed by atoms with Crippen molar-refractivity contribution in [2.75, 3.05) is 173 Å². The van der Waals surface area contributed by atoms with Gasteiger partial charge in [-0.05, 0) is 159 Å². The minimum atomic E-state index is -0.139. The summed E-state index contributed by atoms with van der Waals surface area (Å²) in [5.41, 5.74) is 13.8. The molecule has 0 radical (unpaired) electrons. The van der Waals surface area contributed by atoms with Gasteiger partial charge in [-0.15, -0.1) is 0 Å². The smallest absolute Gasteiger partial charge is 0.255 e. The number of imidazole rings is 1. The topological polar surface area (TPSA) is 193 Å². The zero-order chi connectivity index (χ0) is 80.3. The highest BCUT2D eigenvalue weighted by Gasteiger charge is 2.40. The van der Waals surface area contributed by atoms with Gasteiger partial charge in [0.25, 0.3) is 22.7 Å². The third kappa shape index (κ3) is 19.2. The lowest BCUT2D eigenvalue weighted by Crippen LogP contribution is -2.46. The summed E-state index contributed by atoms with van der Waals surface area (Å²) in [5.74, 6) is 5.10.